The number of nitrogens with one attached hydrogen (secondary N) is 2. The third-order valence-electron chi connectivity index (χ3n) is 2.66. The van der Waals surface area contributed by atoms with Gasteiger partial charge in [0.15, 0.2) is 10.2 Å². The van der Waals surface area contributed by atoms with Crippen molar-refractivity contribution in [3.8, 4) is 0 Å². The van der Waals surface area contributed by atoms with Crippen molar-refractivity contribution in [2.45, 2.75) is 13.1 Å². The van der Waals surface area contributed by atoms with Crippen LogP contribution in [-0.4, -0.2) is 27.7 Å². The molecule has 0 amide bonds. The van der Waals surface area contributed by atoms with Gasteiger partial charge < -0.3 is 19.9 Å². The molecule has 0 aliphatic carbocycles. The zero-order chi connectivity index (χ0) is 17.2. The second kappa shape index (κ2) is 9.43. The number of rotatable bonds is 7. The van der Waals surface area contributed by atoms with Gasteiger partial charge in [-0.1, -0.05) is 0 Å². The summed E-state index contributed by atoms with van der Waals surface area (Å²) in [6.45, 7) is 0.810. The zero-order valence-electron chi connectivity index (χ0n) is 12.6. The van der Waals surface area contributed by atoms with Crippen LogP contribution in [0.5, 0.6) is 0 Å². The maximum atomic E-state index is 5.60. The molecular weight excluding hydrogens is 348 g/mol. The van der Waals surface area contributed by atoms with Crippen molar-refractivity contribution in [3.05, 3.63) is 48.3 Å². The number of nitrogens with two attached hydrogens (primary N) is 1. The molecule has 4 N–H and O–H groups in total. The van der Waals surface area contributed by atoms with Crippen molar-refractivity contribution in [3.63, 3.8) is 0 Å². The van der Waals surface area contributed by atoms with Crippen LogP contribution in [0.15, 0.2) is 55.8 Å². The molecule has 0 saturated carbocycles. The van der Waals surface area contributed by atoms with Gasteiger partial charge in [-0.2, -0.15) is 10.2 Å². The maximum absolute atomic E-state index is 5.60. The molecule has 0 atom stereocenters. The third-order valence-corrected chi connectivity index (χ3v) is 3.10. The van der Waals surface area contributed by atoms with E-state index in [-0.39, 0.29) is 5.11 Å². The molecular formula is C14H16N6O2S2. The highest BCUT2D eigenvalue weighted by Gasteiger charge is 2.06. The highest BCUT2D eigenvalue weighted by molar-refractivity contribution is 7.80. The van der Waals surface area contributed by atoms with E-state index in [1.54, 1.807) is 30.7 Å². The van der Waals surface area contributed by atoms with E-state index >= 15 is 0 Å². The Labute approximate surface area is 149 Å². The molecule has 2 aromatic rings. The molecule has 8 nitrogen and oxygen atoms in total. The van der Waals surface area contributed by atoms with E-state index in [0.29, 0.717) is 24.0 Å². The third kappa shape index (κ3) is 6.18. The minimum atomic E-state index is 0.125. The molecule has 0 radical (unpaired) electrons. The summed E-state index contributed by atoms with van der Waals surface area (Å²) in [6, 6.07) is 7.23. The van der Waals surface area contributed by atoms with Crippen LogP contribution in [0, 0.1) is 0 Å². The fourth-order valence-corrected chi connectivity index (χ4v) is 1.82. The Morgan fingerprint density at radius 1 is 1.17 bits per heavy atom. The van der Waals surface area contributed by atoms with Gasteiger partial charge in [-0.05, 0) is 48.7 Å². The molecule has 0 bridgehead atoms. The Morgan fingerprint density at radius 3 is 2.50 bits per heavy atom. The molecule has 126 valence electrons. The molecule has 0 aliphatic rings. The maximum Gasteiger partial charge on any atom is 0.187 e. The molecule has 10 heteroatoms. The van der Waals surface area contributed by atoms with Gasteiger partial charge in [0.2, 0.25) is 0 Å². The number of furan rings is 2. The van der Waals surface area contributed by atoms with Crippen LogP contribution >= 0.6 is 24.4 Å². The fourth-order valence-electron chi connectivity index (χ4n) is 1.59. The number of hydrogen-bond donors (Lipinski definition) is 3. The summed E-state index contributed by atoms with van der Waals surface area (Å²) in [4.78, 5) is 0. The second-order valence-corrected chi connectivity index (χ2v) is 5.22. The molecule has 0 spiro atoms. The van der Waals surface area contributed by atoms with E-state index in [4.69, 9.17) is 39.0 Å². The lowest BCUT2D eigenvalue weighted by Gasteiger charge is -2.14. The average Bonchev–Trinajstić information content (AvgIpc) is 3.24. The summed E-state index contributed by atoms with van der Waals surface area (Å²) < 4.78 is 10.4. The first-order chi connectivity index (χ1) is 11.6. The van der Waals surface area contributed by atoms with Crippen molar-refractivity contribution < 1.29 is 8.83 Å². The monoisotopic (exact) mass is 364 g/mol. The van der Waals surface area contributed by atoms with Gasteiger partial charge in [-0.3, -0.25) is 5.43 Å². The van der Waals surface area contributed by atoms with Gasteiger partial charge >= 0.3 is 0 Å². The minimum absolute atomic E-state index is 0.125. The Morgan fingerprint density at radius 2 is 1.88 bits per heavy atom. The van der Waals surface area contributed by atoms with E-state index in [2.05, 4.69) is 20.9 Å². The summed E-state index contributed by atoms with van der Waals surface area (Å²) in [5.74, 6) is 1.47. The first kappa shape index (κ1) is 17.6. The lowest BCUT2D eigenvalue weighted by Crippen LogP contribution is -2.31. The SMILES string of the molecule is NC(=S)N(Cc1ccco1)/N=C\C=N\NC(=S)NCc1ccco1. The van der Waals surface area contributed by atoms with E-state index in [1.165, 1.54) is 17.4 Å². The van der Waals surface area contributed by atoms with Crippen molar-refractivity contribution in [2.75, 3.05) is 0 Å². The molecule has 2 aromatic heterocycles. The van der Waals surface area contributed by atoms with Crippen LogP contribution in [0.25, 0.3) is 0 Å². The molecule has 0 aliphatic heterocycles. The highest BCUT2D eigenvalue weighted by atomic mass is 32.1. The largest absolute Gasteiger partial charge is 0.467 e. The minimum Gasteiger partial charge on any atom is -0.467 e. The first-order valence-corrected chi connectivity index (χ1v) is 7.68. The predicted octanol–water partition coefficient (Wildman–Crippen LogP) is 1.55. The van der Waals surface area contributed by atoms with Gasteiger partial charge in [-0.15, -0.1) is 0 Å². The van der Waals surface area contributed by atoms with E-state index in [1.807, 2.05) is 6.07 Å². The van der Waals surface area contributed by atoms with Gasteiger partial charge in [0.25, 0.3) is 0 Å². The highest BCUT2D eigenvalue weighted by Crippen LogP contribution is 2.05. The Hall–Kier alpha value is -2.72. The zero-order valence-corrected chi connectivity index (χ0v) is 14.2. The van der Waals surface area contributed by atoms with Crippen molar-refractivity contribution in [2.24, 2.45) is 15.9 Å². The lowest BCUT2D eigenvalue weighted by molar-refractivity contribution is 0.380. The first-order valence-electron chi connectivity index (χ1n) is 6.86. The number of thiocarbonyl (C=S) groups is 2. The molecule has 0 fully saturated rings. The van der Waals surface area contributed by atoms with Gasteiger partial charge in [0.1, 0.15) is 18.1 Å². The van der Waals surface area contributed by atoms with Crippen LogP contribution in [-0.2, 0) is 13.1 Å². The van der Waals surface area contributed by atoms with Gasteiger partial charge in [0.05, 0.1) is 31.5 Å². The summed E-state index contributed by atoms with van der Waals surface area (Å²) in [5, 5.41) is 12.8. The molecule has 0 aromatic carbocycles. The van der Waals surface area contributed by atoms with Crippen LogP contribution < -0.4 is 16.5 Å². The lowest BCUT2D eigenvalue weighted by atomic mass is 10.4. The Kier molecular flexibility index (Phi) is 6.92. The fraction of sp³-hybridized carbons (Fsp3) is 0.143. The summed E-state index contributed by atoms with van der Waals surface area (Å²) in [7, 11) is 0. The van der Waals surface area contributed by atoms with Gasteiger partial charge in [0, 0.05) is 0 Å². The Bertz CT molecular complexity index is 697. The van der Waals surface area contributed by atoms with Crippen LogP contribution in [0.2, 0.25) is 0 Å². The van der Waals surface area contributed by atoms with Gasteiger partial charge in [-0.25, -0.2) is 5.01 Å². The second-order valence-electron chi connectivity index (χ2n) is 4.39. The van der Waals surface area contributed by atoms with E-state index in [0.717, 1.165) is 5.76 Å². The van der Waals surface area contributed by atoms with Crippen molar-refractivity contribution >= 4 is 47.1 Å². The molecule has 0 saturated heterocycles. The van der Waals surface area contributed by atoms with Crippen LogP contribution in [0.3, 0.4) is 0 Å². The number of hydrogen-bond acceptors (Lipinski definition) is 6. The average molecular weight is 364 g/mol. The molecule has 24 heavy (non-hydrogen) atoms. The number of nitrogens with zero attached hydrogens (tertiary/aromatic N) is 3. The molecule has 2 heterocycles. The quantitative estimate of drug-likeness (QED) is 0.386. The Balaban J connectivity index is 1.73. The van der Waals surface area contributed by atoms with Crippen molar-refractivity contribution in [1.82, 2.24) is 15.8 Å². The molecule has 2 rings (SSSR count). The summed E-state index contributed by atoms with van der Waals surface area (Å²) in [6.07, 6.45) is 6.02. The standard InChI is InChI=1S/C14H16N6O2S2/c15-13(23)20(10-12-4-2-8-22-12)18-6-5-17-19-14(24)16-9-11-3-1-7-21-11/h1-8H,9-10H2,(H2,15,23)(H2,16,19,24)/b17-5+,18-6-. The molecule has 0 unspecified atom stereocenters. The van der Waals surface area contributed by atoms with Crippen LogP contribution in [0.4, 0.5) is 0 Å². The summed E-state index contributed by atoms with van der Waals surface area (Å²) >= 11 is 9.99. The normalized spacial score (nSPS) is 11.0. The van der Waals surface area contributed by atoms with E-state index < -0.39 is 0 Å². The van der Waals surface area contributed by atoms with E-state index in [9.17, 15) is 0 Å². The van der Waals surface area contributed by atoms with Crippen LogP contribution in [0.1, 0.15) is 11.5 Å². The van der Waals surface area contributed by atoms with Crippen molar-refractivity contribution in [1.29, 1.82) is 0 Å². The topological polar surface area (TPSA) is 104 Å². The predicted molar refractivity (Wildman–Crippen MR) is 99.3 cm³/mol. The number of hydrazone groups is 2. The summed E-state index contributed by atoms with van der Waals surface area (Å²) in [5.41, 5.74) is 8.25. The smallest absolute Gasteiger partial charge is 0.187 e.